The van der Waals surface area contributed by atoms with Crippen molar-refractivity contribution < 1.29 is 18.9 Å². The van der Waals surface area contributed by atoms with Gasteiger partial charge in [0.15, 0.2) is 0 Å². The van der Waals surface area contributed by atoms with Crippen LogP contribution >= 0.6 is 0 Å². The minimum atomic E-state index is -0.523. The highest BCUT2D eigenvalue weighted by atomic mass is 19.1. The van der Waals surface area contributed by atoms with E-state index >= 15 is 0 Å². The molecule has 1 aliphatic heterocycles. The molecule has 2 aromatic rings. The number of nitrogens with zero attached hydrogens (tertiary/aromatic N) is 3. The molecule has 0 radical (unpaired) electrons. The van der Waals surface area contributed by atoms with Crippen LogP contribution in [0.3, 0.4) is 0 Å². The molecule has 2 amide bonds. The summed E-state index contributed by atoms with van der Waals surface area (Å²) < 4.78 is 13.3. The van der Waals surface area contributed by atoms with Gasteiger partial charge in [-0.2, -0.15) is 0 Å². The number of hydrogen-bond acceptors (Lipinski definition) is 4. The van der Waals surface area contributed by atoms with Crippen LogP contribution in [0.2, 0.25) is 0 Å². The number of amides is 2. The number of nitro groups is 1. The van der Waals surface area contributed by atoms with Crippen LogP contribution in [-0.2, 0) is 0 Å². The number of hydrogen-bond donors (Lipinski definition) is 0. The third-order valence-electron chi connectivity index (χ3n) is 4.25. The van der Waals surface area contributed by atoms with E-state index in [1.54, 1.807) is 15.9 Å². The third kappa shape index (κ3) is 3.69. The maximum atomic E-state index is 13.3. The molecule has 0 spiro atoms. The van der Waals surface area contributed by atoms with Gasteiger partial charge in [-0.3, -0.25) is 19.7 Å². The predicted molar refractivity (Wildman–Crippen MR) is 91.3 cm³/mol. The molecule has 26 heavy (non-hydrogen) atoms. The topological polar surface area (TPSA) is 83.8 Å². The maximum Gasteiger partial charge on any atom is 0.269 e. The Labute approximate surface area is 148 Å². The summed E-state index contributed by atoms with van der Waals surface area (Å²) in [6.45, 7) is 1.37. The van der Waals surface area contributed by atoms with Crippen molar-refractivity contribution in [3.05, 3.63) is 75.6 Å². The van der Waals surface area contributed by atoms with Crippen LogP contribution in [0.5, 0.6) is 0 Å². The Hall–Kier alpha value is -3.29. The first-order chi connectivity index (χ1) is 12.5. The average molecular weight is 357 g/mol. The van der Waals surface area contributed by atoms with Gasteiger partial charge in [0.05, 0.1) is 4.92 Å². The van der Waals surface area contributed by atoms with Crippen molar-refractivity contribution in [1.82, 2.24) is 9.80 Å². The van der Waals surface area contributed by atoms with Crippen molar-refractivity contribution in [3.8, 4) is 0 Å². The lowest BCUT2D eigenvalue weighted by Crippen LogP contribution is -2.50. The Morgan fingerprint density at radius 1 is 0.885 bits per heavy atom. The number of piperazine rings is 1. The van der Waals surface area contributed by atoms with Gasteiger partial charge in [-0.05, 0) is 30.3 Å². The van der Waals surface area contributed by atoms with Crippen molar-refractivity contribution in [1.29, 1.82) is 0 Å². The summed E-state index contributed by atoms with van der Waals surface area (Å²) in [4.78, 5) is 38.2. The smallest absolute Gasteiger partial charge is 0.269 e. The first-order valence-electron chi connectivity index (χ1n) is 8.04. The van der Waals surface area contributed by atoms with Crippen LogP contribution in [-0.4, -0.2) is 52.7 Å². The number of carbonyl (C=O) groups excluding carboxylic acids is 2. The Kier molecular flexibility index (Phi) is 4.92. The third-order valence-corrected chi connectivity index (χ3v) is 4.25. The van der Waals surface area contributed by atoms with Crippen LogP contribution in [0.4, 0.5) is 10.1 Å². The lowest BCUT2D eigenvalue weighted by Gasteiger charge is -2.34. The number of nitro benzene ring substituents is 1. The highest BCUT2D eigenvalue weighted by Gasteiger charge is 2.25. The summed E-state index contributed by atoms with van der Waals surface area (Å²) in [6, 6.07) is 10.9. The number of non-ortho nitro benzene ring substituents is 1. The van der Waals surface area contributed by atoms with Gasteiger partial charge in [0.25, 0.3) is 17.5 Å². The van der Waals surface area contributed by atoms with E-state index in [1.807, 2.05) is 0 Å². The maximum absolute atomic E-state index is 13.3. The van der Waals surface area contributed by atoms with Gasteiger partial charge < -0.3 is 9.80 Å². The van der Waals surface area contributed by atoms with Crippen LogP contribution in [0.15, 0.2) is 48.5 Å². The van der Waals surface area contributed by atoms with Crippen LogP contribution < -0.4 is 0 Å². The molecule has 2 aromatic carbocycles. The minimum Gasteiger partial charge on any atom is -0.335 e. The van der Waals surface area contributed by atoms with E-state index in [1.165, 1.54) is 42.5 Å². The van der Waals surface area contributed by atoms with E-state index in [0.29, 0.717) is 31.7 Å². The van der Waals surface area contributed by atoms with E-state index in [4.69, 9.17) is 0 Å². The zero-order valence-electron chi connectivity index (χ0n) is 13.8. The first kappa shape index (κ1) is 17.5. The van der Waals surface area contributed by atoms with Crippen molar-refractivity contribution in [2.45, 2.75) is 0 Å². The SMILES string of the molecule is O=C(c1ccc([N+](=O)[O-])cc1)N1CCN(C(=O)c2cccc(F)c2)CC1. The van der Waals surface area contributed by atoms with Gasteiger partial charge in [0.1, 0.15) is 5.82 Å². The molecule has 8 heteroatoms. The number of benzene rings is 2. The molecule has 3 rings (SSSR count). The summed E-state index contributed by atoms with van der Waals surface area (Å²) in [7, 11) is 0. The predicted octanol–water partition coefficient (Wildman–Crippen LogP) is 2.33. The molecule has 0 bridgehead atoms. The van der Waals surface area contributed by atoms with E-state index in [9.17, 15) is 24.1 Å². The molecule has 0 aromatic heterocycles. The molecule has 1 aliphatic rings. The largest absolute Gasteiger partial charge is 0.335 e. The minimum absolute atomic E-state index is 0.0768. The van der Waals surface area contributed by atoms with Crippen molar-refractivity contribution in [2.75, 3.05) is 26.2 Å². The number of halogens is 1. The molecule has 0 saturated carbocycles. The molecule has 7 nitrogen and oxygen atoms in total. The van der Waals surface area contributed by atoms with E-state index in [2.05, 4.69) is 0 Å². The molecule has 0 atom stereocenters. The van der Waals surface area contributed by atoms with E-state index in [-0.39, 0.29) is 23.1 Å². The Morgan fingerprint density at radius 3 is 1.92 bits per heavy atom. The van der Waals surface area contributed by atoms with Gasteiger partial charge in [-0.1, -0.05) is 6.07 Å². The first-order valence-corrected chi connectivity index (χ1v) is 8.04. The fraction of sp³-hybridized carbons (Fsp3) is 0.222. The molecule has 1 fully saturated rings. The van der Waals surface area contributed by atoms with Gasteiger partial charge >= 0.3 is 0 Å². The lowest BCUT2D eigenvalue weighted by atomic mass is 10.1. The lowest BCUT2D eigenvalue weighted by molar-refractivity contribution is -0.384. The van der Waals surface area contributed by atoms with E-state index < -0.39 is 10.7 Å². The average Bonchev–Trinajstić information content (AvgIpc) is 2.67. The van der Waals surface area contributed by atoms with Gasteiger partial charge in [-0.15, -0.1) is 0 Å². The molecular weight excluding hydrogens is 341 g/mol. The van der Waals surface area contributed by atoms with Crippen molar-refractivity contribution in [2.24, 2.45) is 0 Å². The highest BCUT2D eigenvalue weighted by Crippen LogP contribution is 2.16. The zero-order chi connectivity index (χ0) is 18.7. The second-order valence-electron chi connectivity index (χ2n) is 5.90. The Balaban J connectivity index is 1.61. The quantitative estimate of drug-likeness (QED) is 0.623. The van der Waals surface area contributed by atoms with E-state index in [0.717, 1.165) is 0 Å². The second-order valence-corrected chi connectivity index (χ2v) is 5.90. The fourth-order valence-corrected chi connectivity index (χ4v) is 2.83. The van der Waals surface area contributed by atoms with Crippen LogP contribution in [0, 0.1) is 15.9 Å². The molecule has 1 heterocycles. The van der Waals surface area contributed by atoms with Crippen LogP contribution in [0.1, 0.15) is 20.7 Å². The number of rotatable bonds is 3. The Morgan fingerprint density at radius 2 is 1.42 bits per heavy atom. The summed E-state index contributed by atoms with van der Waals surface area (Å²) >= 11 is 0. The van der Waals surface area contributed by atoms with Crippen molar-refractivity contribution in [3.63, 3.8) is 0 Å². The van der Waals surface area contributed by atoms with Gasteiger partial charge in [0.2, 0.25) is 0 Å². The Bertz CT molecular complexity index is 846. The molecule has 0 unspecified atom stereocenters. The number of carbonyl (C=O) groups is 2. The normalized spacial score (nSPS) is 14.2. The van der Waals surface area contributed by atoms with Gasteiger partial charge in [-0.25, -0.2) is 4.39 Å². The summed E-state index contributed by atoms with van der Waals surface area (Å²) in [5, 5.41) is 10.7. The standard InChI is InChI=1S/C18H16FN3O4/c19-15-3-1-2-14(12-15)18(24)21-10-8-20(9-11-21)17(23)13-4-6-16(7-5-13)22(25)26/h1-7,12H,8-11H2. The zero-order valence-corrected chi connectivity index (χ0v) is 13.8. The fourth-order valence-electron chi connectivity index (χ4n) is 2.83. The molecule has 1 saturated heterocycles. The van der Waals surface area contributed by atoms with Gasteiger partial charge in [0, 0.05) is 49.4 Å². The highest BCUT2D eigenvalue weighted by molar-refractivity contribution is 5.96. The molecular formula is C18H16FN3O4. The van der Waals surface area contributed by atoms with Crippen molar-refractivity contribution >= 4 is 17.5 Å². The molecule has 0 N–H and O–H groups in total. The monoisotopic (exact) mass is 357 g/mol. The second kappa shape index (κ2) is 7.30. The van der Waals surface area contributed by atoms with Crippen LogP contribution in [0.25, 0.3) is 0 Å². The molecule has 134 valence electrons. The summed E-state index contributed by atoms with van der Waals surface area (Å²) in [5.74, 6) is -0.979. The molecule has 0 aliphatic carbocycles. The summed E-state index contributed by atoms with van der Waals surface area (Å²) in [6.07, 6.45) is 0. The summed E-state index contributed by atoms with van der Waals surface area (Å²) in [5.41, 5.74) is 0.563.